The van der Waals surface area contributed by atoms with E-state index in [1.807, 2.05) is 12.1 Å². The molecule has 1 saturated heterocycles. The molecule has 1 aliphatic rings. The van der Waals surface area contributed by atoms with Crippen molar-refractivity contribution in [3.8, 4) is 5.75 Å². The summed E-state index contributed by atoms with van der Waals surface area (Å²) in [5, 5.41) is 12.3. The standard InChI is InChI=1S/C15H22N2O2/c1-11(9-13-3-5-15(19)6-4-13)17-8-7-14(10-17)16-12(2)18/h3-6,11,14,19H,7-10H2,1-2H3,(H,16,18). The number of aromatic hydroxyl groups is 1. The number of nitrogens with zero attached hydrogens (tertiary/aromatic N) is 1. The van der Waals surface area contributed by atoms with Crippen molar-refractivity contribution >= 4 is 5.91 Å². The zero-order chi connectivity index (χ0) is 13.8. The number of phenols is 1. The molecule has 0 aliphatic carbocycles. The molecule has 1 aliphatic heterocycles. The number of amides is 1. The minimum Gasteiger partial charge on any atom is -0.508 e. The van der Waals surface area contributed by atoms with Crippen molar-refractivity contribution < 1.29 is 9.90 Å². The van der Waals surface area contributed by atoms with Gasteiger partial charge in [-0.3, -0.25) is 9.69 Å². The molecule has 1 fully saturated rings. The number of likely N-dealkylation sites (tertiary alicyclic amines) is 1. The predicted octanol–water partition coefficient (Wildman–Crippen LogP) is 1.53. The Bertz CT molecular complexity index is 430. The van der Waals surface area contributed by atoms with Crippen molar-refractivity contribution in [3.63, 3.8) is 0 Å². The van der Waals surface area contributed by atoms with E-state index in [4.69, 9.17) is 0 Å². The molecule has 4 heteroatoms. The number of phenolic OH excluding ortho intramolecular Hbond substituents is 1. The fraction of sp³-hybridized carbons (Fsp3) is 0.533. The molecule has 0 bridgehead atoms. The monoisotopic (exact) mass is 262 g/mol. The molecule has 1 heterocycles. The number of hydrogen-bond acceptors (Lipinski definition) is 3. The summed E-state index contributed by atoms with van der Waals surface area (Å²) in [6.45, 7) is 5.74. The molecule has 2 N–H and O–H groups in total. The van der Waals surface area contributed by atoms with Gasteiger partial charge in [-0.2, -0.15) is 0 Å². The number of carbonyl (C=O) groups is 1. The number of nitrogens with one attached hydrogen (secondary N) is 1. The summed E-state index contributed by atoms with van der Waals surface area (Å²) in [4.78, 5) is 13.5. The second kappa shape index (κ2) is 6.06. The van der Waals surface area contributed by atoms with Gasteiger partial charge in [0.15, 0.2) is 0 Å². The summed E-state index contributed by atoms with van der Waals surface area (Å²) in [7, 11) is 0. The van der Waals surface area contributed by atoms with Crippen LogP contribution in [0.25, 0.3) is 0 Å². The maximum absolute atomic E-state index is 11.0. The lowest BCUT2D eigenvalue weighted by atomic mass is 10.1. The van der Waals surface area contributed by atoms with Crippen LogP contribution in [0.15, 0.2) is 24.3 Å². The number of carbonyl (C=O) groups excluding carboxylic acids is 1. The van der Waals surface area contributed by atoms with E-state index in [-0.39, 0.29) is 5.91 Å². The number of benzene rings is 1. The van der Waals surface area contributed by atoms with Gasteiger partial charge < -0.3 is 10.4 Å². The Labute approximate surface area is 114 Å². The average molecular weight is 262 g/mol. The molecule has 0 saturated carbocycles. The van der Waals surface area contributed by atoms with Gasteiger partial charge in [-0.1, -0.05) is 12.1 Å². The van der Waals surface area contributed by atoms with Crippen LogP contribution in [0.2, 0.25) is 0 Å². The van der Waals surface area contributed by atoms with E-state index >= 15 is 0 Å². The van der Waals surface area contributed by atoms with Crippen molar-refractivity contribution in [2.24, 2.45) is 0 Å². The Kier molecular flexibility index (Phi) is 4.43. The largest absolute Gasteiger partial charge is 0.508 e. The van der Waals surface area contributed by atoms with Gasteiger partial charge in [0.1, 0.15) is 5.75 Å². The van der Waals surface area contributed by atoms with E-state index < -0.39 is 0 Å². The van der Waals surface area contributed by atoms with E-state index in [1.54, 1.807) is 19.1 Å². The first-order valence-electron chi connectivity index (χ1n) is 6.83. The van der Waals surface area contributed by atoms with Crippen molar-refractivity contribution in [2.45, 2.75) is 38.8 Å². The number of hydrogen-bond donors (Lipinski definition) is 2. The first-order chi connectivity index (χ1) is 9.04. The smallest absolute Gasteiger partial charge is 0.217 e. The third kappa shape index (κ3) is 3.96. The molecule has 2 rings (SSSR count). The quantitative estimate of drug-likeness (QED) is 0.865. The molecule has 19 heavy (non-hydrogen) atoms. The summed E-state index contributed by atoms with van der Waals surface area (Å²) >= 11 is 0. The summed E-state index contributed by atoms with van der Waals surface area (Å²) in [6.07, 6.45) is 1.99. The van der Waals surface area contributed by atoms with Crippen molar-refractivity contribution in [1.29, 1.82) is 0 Å². The summed E-state index contributed by atoms with van der Waals surface area (Å²) in [5.41, 5.74) is 1.23. The van der Waals surface area contributed by atoms with Crippen LogP contribution in [0.4, 0.5) is 0 Å². The van der Waals surface area contributed by atoms with Crippen molar-refractivity contribution in [1.82, 2.24) is 10.2 Å². The number of rotatable bonds is 4. The van der Waals surface area contributed by atoms with Gasteiger partial charge >= 0.3 is 0 Å². The Hall–Kier alpha value is -1.55. The predicted molar refractivity (Wildman–Crippen MR) is 75.1 cm³/mol. The van der Waals surface area contributed by atoms with Gasteiger partial charge in [-0.25, -0.2) is 0 Å². The molecule has 4 nitrogen and oxygen atoms in total. The summed E-state index contributed by atoms with van der Waals surface area (Å²) < 4.78 is 0. The molecule has 1 aromatic rings. The van der Waals surface area contributed by atoms with Crippen molar-refractivity contribution in [2.75, 3.05) is 13.1 Å². The lowest BCUT2D eigenvalue weighted by Gasteiger charge is -2.24. The zero-order valence-electron chi connectivity index (χ0n) is 11.6. The maximum atomic E-state index is 11.0. The minimum absolute atomic E-state index is 0.0537. The second-order valence-electron chi connectivity index (χ2n) is 5.40. The molecular formula is C15H22N2O2. The third-order valence-corrected chi connectivity index (χ3v) is 3.72. The van der Waals surface area contributed by atoms with Crippen LogP contribution < -0.4 is 5.32 Å². The Morgan fingerprint density at radius 2 is 2.16 bits per heavy atom. The molecule has 0 spiro atoms. The van der Waals surface area contributed by atoms with Gasteiger partial charge in [-0.05, 0) is 37.5 Å². The highest BCUT2D eigenvalue weighted by atomic mass is 16.3. The molecule has 104 valence electrons. The summed E-state index contributed by atoms with van der Waals surface area (Å²) in [5.74, 6) is 0.362. The van der Waals surface area contributed by atoms with E-state index in [0.717, 1.165) is 25.9 Å². The fourth-order valence-electron chi connectivity index (χ4n) is 2.70. The second-order valence-corrected chi connectivity index (χ2v) is 5.40. The lowest BCUT2D eigenvalue weighted by Crippen LogP contribution is -2.38. The van der Waals surface area contributed by atoms with Crippen LogP contribution in [0, 0.1) is 0 Å². The van der Waals surface area contributed by atoms with Crippen LogP contribution in [-0.4, -0.2) is 41.1 Å². The van der Waals surface area contributed by atoms with Crippen LogP contribution in [0.3, 0.4) is 0 Å². The SMILES string of the molecule is CC(=O)NC1CCN(C(C)Cc2ccc(O)cc2)C1. The first kappa shape index (κ1) is 13.9. The molecule has 1 aromatic carbocycles. The molecule has 2 unspecified atom stereocenters. The molecule has 0 radical (unpaired) electrons. The first-order valence-corrected chi connectivity index (χ1v) is 6.83. The maximum Gasteiger partial charge on any atom is 0.217 e. The fourth-order valence-corrected chi connectivity index (χ4v) is 2.70. The molecule has 2 atom stereocenters. The zero-order valence-corrected chi connectivity index (χ0v) is 11.6. The van der Waals surface area contributed by atoms with Crippen LogP contribution in [0.1, 0.15) is 25.8 Å². The van der Waals surface area contributed by atoms with Gasteiger partial charge in [0, 0.05) is 32.1 Å². The molecular weight excluding hydrogens is 240 g/mol. The Morgan fingerprint density at radius 3 is 2.79 bits per heavy atom. The third-order valence-electron chi connectivity index (χ3n) is 3.72. The minimum atomic E-state index is 0.0537. The van der Waals surface area contributed by atoms with Gasteiger partial charge in [-0.15, -0.1) is 0 Å². The highest BCUT2D eigenvalue weighted by Gasteiger charge is 2.26. The lowest BCUT2D eigenvalue weighted by molar-refractivity contribution is -0.119. The van der Waals surface area contributed by atoms with E-state index in [0.29, 0.717) is 17.8 Å². The van der Waals surface area contributed by atoms with E-state index in [9.17, 15) is 9.90 Å². The highest BCUT2D eigenvalue weighted by Crippen LogP contribution is 2.17. The Morgan fingerprint density at radius 1 is 1.47 bits per heavy atom. The topological polar surface area (TPSA) is 52.6 Å². The van der Waals surface area contributed by atoms with E-state index in [2.05, 4.69) is 17.1 Å². The highest BCUT2D eigenvalue weighted by molar-refractivity contribution is 5.73. The Balaban J connectivity index is 1.85. The average Bonchev–Trinajstić information content (AvgIpc) is 2.80. The van der Waals surface area contributed by atoms with E-state index in [1.165, 1.54) is 5.56 Å². The van der Waals surface area contributed by atoms with Gasteiger partial charge in [0.05, 0.1) is 0 Å². The normalized spacial score (nSPS) is 21.3. The van der Waals surface area contributed by atoms with Gasteiger partial charge in [0.25, 0.3) is 0 Å². The van der Waals surface area contributed by atoms with Gasteiger partial charge in [0.2, 0.25) is 5.91 Å². The van der Waals surface area contributed by atoms with Crippen molar-refractivity contribution in [3.05, 3.63) is 29.8 Å². The molecule has 1 amide bonds. The van der Waals surface area contributed by atoms with Crippen LogP contribution in [0.5, 0.6) is 5.75 Å². The molecule has 0 aromatic heterocycles. The van der Waals surface area contributed by atoms with Crippen LogP contribution >= 0.6 is 0 Å². The summed E-state index contributed by atoms with van der Waals surface area (Å²) in [6, 6.07) is 8.13. The van der Waals surface area contributed by atoms with Crippen LogP contribution in [-0.2, 0) is 11.2 Å².